The molecule has 0 spiro atoms. The van der Waals surface area contributed by atoms with Gasteiger partial charge in [0.2, 0.25) is 5.91 Å². The molecule has 1 amide bonds. The van der Waals surface area contributed by atoms with Gasteiger partial charge in [0.1, 0.15) is 0 Å². The van der Waals surface area contributed by atoms with Gasteiger partial charge in [0.05, 0.1) is 0 Å². The molecule has 0 radical (unpaired) electrons. The summed E-state index contributed by atoms with van der Waals surface area (Å²) < 4.78 is 0. The van der Waals surface area contributed by atoms with Crippen molar-refractivity contribution in [2.45, 2.75) is 18.9 Å². The van der Waals surface area contributed by atoms with Crippen molar-refractivity contribution in [1.29, 1.82) is 0 Å². The molecule has 98 valence electrons. The van der Waals surface area contributed by atoms with E-state index < -0.39 is 0 Å². The minimum Gasteiger partial charge on any atom is -0.340 e. The van der Waals surface area contributed by atoms with Gasteiger partial charge in [-0.05, 0) is 19.2 Å². The molecular formula is C12H23N3OS. The predicted molar refractivity (Wildman–Crippen MR) is 72.4 cm³/mol. The van der Waals surface area contributed by atoms with Crippen molar-refractivity contribution in [1.82, 2.24) is 15.1 Å². The Hall–Kier alpha value is -0.260. The van der Waals surface area contributed by atoms with Gasteiger partial charge in [-0.1, -0.05) is 0 Å². The van der Waals surface area contributed by atoms with E-state index in [2.05, 4.69) is 17.3 Å². The van der Waals surface area contributed by atoms with Crippen LogP contribution in [0.2, 0.25) is 0 Å². The molecule has 4 nitrogen and oxygen atoms in total. The van der Waals surface area contributed by atoms with Gasteiger partial charge >= 0.3 is 0 Å². The van der Waals surface area contributed by atoms with E-state index in [4.69, 9.17) is 0 Å². The van der Waals surface area contributed by atoms with Gasteiger partial charge in [0.25, 0.3) is 0 Å². The molecule has 0 aromatic carbocycles. The number of nitrogens with zero attached hydrogens (tertiary/aromatic N) is 2. The molecule has 1 atom stereocenters. The van der Waals surface area contributed by atoms with Crippen LogP contribution in [0.3, 0.4) is 0 Å². The molecule has 2 aliphatic rings. The van der Waals surface area contributed by atoms with Gasteiger partial charge in [0.15, 0.2) is 0 Å². The molecular weight excluding hydrogens is 234 g/mol. The Morgan fingerprint density at radius 3 is 2.88 bits per heavy atom. The summed E-state index contributed by atoms with van der Waals surface area (Å²) in [6.45, 7) is 4.55. The lowest BCUT2D eigenvalue weighted by Crippen LogP contribution is -2.47. The number of piperazine rings is 1. The quantitative estimate of drug-likeness (QED) is 0.783. The molecule has 0 bridgehead atoms. The summed E-state index contributed by atoms with van der Waals surface area (Å²) in [6.07, 6.45) is 1.96. The first-order valence-corrected chi connectivity index (χ1v) is 7.69. The number of nitrogens with one attached hydrogen (secondary N) is 1. The summed E-state index contributed by atoms with van der Waals surface area (Å²) in [7, 11) is 2.15. The maximum Gasteiger partial charge on any atom is 0.223 e. The highest BCUT2D eigenvalue weighted by atomic mass is 32.2. The highest BCUT2D eigenvalue weighted by Gasteiger charge is 2.21. The van der Waals surface area contributed by atoms with E-state index in [-0.39, 0.29) is 0 Å². The van der Waals surface area contributed by atoms with Crippen molar-refractivity contribution < 1.29 is 4.79 Å². The molecule has 0 aliphatic carbocycles. The Morgan fingerprint density at radius 2 is 2.24 bits per heavy atom. The third-order valence-corrected chi connectivity index (χ3v) is 4.82. The molecule has 1 N–H and O–H groups in total. The SMILES string of the molecule is CN(CCC(=O)N1CCNCC1)C1CCSC1. The highest BCUT2D eigenvalue weighted by Crippen LogP contribution is 2.21. The average Bonchev–Trinajstić information content (AvgIpc) is 2.90. The number of amides is 1. The largest absolute Gasteiger partial charge is 0.340 e. The lowest BCUT2D eigenvalue weighted by molar-refractivity contribution is -0.132. The highest BCUT2D eigenvalue weighted by molar-refractivity contribution is 7.99. The van der Waals surface area contributed by atoms with Crippen LogP contribution in [-0.2, 0) is 4.79 Å². The lowest BCUT2D eigenvalue weighted by atomic mass is 10.2. The Morgan fingerprint density at radius 1 is 1.47 bits per heavy atom. The number of carbonyl (C=O) groups excluding carboxylic acids is 1. The standard InChI is InChI=1S/C12H23N3OS/c1-14(11-3-9-17-10-11)6-2-12(16)15-7-4-13-5-8-15/h11,13H,2-10H2,1H3. The second-order valence-corrected chi connectivity index (χ2v) is 6.03. The van der Waals surface area contributed by atoms with Gasteiger partial charge < -0.3 is 15.1 Å². The average molecular weight is 257 g/mol. The van der Waals surface area contributed by atoms with Crippen LogP contribution in [-0.4, -0.2) is 73.0 Å². The van der Waals surface area contributed by atoms with E-state index in [0.717, 1.165) is 32.7 Å². The number of rotatable bonds is 4. The number of thioether (sulfide) groups is 1. The smallest absolute Gasteiger partial charge is 0.223 e. The van der Waals surface area contributed by atoms with E-state index in [1.165, 1.54) is 17.9 Å². The van der Waals surface area contributed by atoms with Gasteiger partial charge in [0, 0.05) is 50.9 Å². The van der Waals surface area contributed by atoms with Crippen molar-refractivity contribution in [3.05, 3.63) is 0 Å². The van der Waals surface area contributed by atoms with Crippen molar-refractivity contribution in [3.8, 4) is 0 Å². The number of carbonyl (C=O) groups is 1. The van der Waals surface area contributed by atoms with E-state index in [1.807, 2.05) is 16.7 Å². The molecule has 2 heterocycles. The summed E-state index contributed by atoms with van der Waals surface area (Å²) >= 11 is 2.03. The van der Waals surface area contributed by atoms with Gasteiger partial charge in [-0.15, -0.1) is 0 Å². The summed E-state index contributed by atoms with van der Waals surface area (Å²) in [6, 6.07) is 0.691. The molecule has 2 aliphatic heterocycles. The second kappa shape index (κ2) is 6.61. The van der Waals surface area contributed by atoms with E-state index in [9.17, 15) is 4.79 Å². The van der Waals surface area contributed by atoms with E-state index in [1.54, 1.807) is 0 Å². The van der Waals surface area contributed by atoms with Crippen LogP contribution in [0.5, 0.6) is 0 Å². The zero-order valence-corrected chi connectivity index (χ0v) is 11.5. The molecule has 2 saturated heterocycles. The Bertz CT molecular complexity index is 250. The molecule has 5 heteroatoms. The molecule has 0 aromatic heterocycles. The van der Waals surface area contributed by atoms with Gasteiger partial charge in [-0.25, -0.2) is 0 Å². The molecule has 2 fully saturated rings. The monoisotopic (exact) mass is 257 g/mol. The fourth-order valence-electron chi connectivity index (χ4n) is 2.40. The van der Waals surface area contributed by atoms with Gasteiger partial charge in [-0.2, -0.15) is 11.8 Å². The zero-order chi connectivity index (χ0) is 12.1. The van der Waals surface area contributed by atoms with Crippen LogP contribution in [0.1, 0.15) is 12.8 Å². The van der Waals surface area contributed by atoms with Crippen molar-refractivity contribution in [2.75, 3.05) is 51.3 Å². The Labute approximate surface area is 108 Å². The zero-order valence-electron chi connectivity index (χ0n) is 10.7. The van der Waals surface area contributed by atoms with E-state index in [0.29, 0.717) is 18.4 Å². The normalized spacial score (nSPS) is 25.5. The first kappa shape index (κ1) is 13.2. The predicted octanol–water partition coefficient (Wildman–Crippen LogP) is 0.246. The molecule has 1 unspecified atom stereocenters. The van der Waals surface area contributed by atoms with Crippen molar-refractivity contribution in [3.63, 3.8) is 0 Å². The number of hydrogen-bond donors (Lipinski definition) is 1. The first-order chi connectivity index (χ1) is 8.27. The van der Waals surface area contributed by atoms with Crippen LogP contribution in [0, 0.1) is 0 Å². The molecule has 0 aromatic rings. The lowest BCUT2D eigenvalue weighted by Gasteiger charge is -2.29. The fourth-order valence-corrected chi connectivity index (χ4v) is 3.70. The summed E-state index contributed by atoms with van der Waals surface area (Å²) in [5.41, 5.74) is 0. The van der Waals surface area contributed by atoms with Crippen molar-refractivity contribution in [2.24, 2.45) is 0 Å². The molecule has 2 rings (SSSR count). The van der Waals surface area contributed by atoms with Gasteiger partial charge in [-0.3, -0.25) is 4.79 Å². The maximum atomic E-state index is 12.0. The summed E-state index contributed by atoms with van der Waals surface area (Å²) in [5, 5.41) is 3.27. The van der Waals surface area contributed by atoms with Crippen LogP contribution in [0.25, 0.3) is 0 Å². The summed E-state index contributed by atoms with van der Waals surface area (Å²) in [5.74, 6) is 2.84. The van der Waals surface area contributed by atoms with Crippen molar-refractivity contribution >= 4 is 17.7 Å². The van der Waals surface area contributed by atoms with E-state index >= 15 is 0 Å². The topological polar surface area (TPSA) is 35.6 Å². The first-order valence-electron chi connectivity index (χ1n) is 6.54. The molecule has 0 saturated carbocycles. The molecule has 17 heavy (non-hydrogen) atoms. The van der Waals surface area contributed by atoms with Crippen LogP contribution < -0.4 is 5.32 Å². The van der Waals surface area contributed by atoms with Crippen LogP contribution >= 0.6 is 11.8 Å². The summed E-state index contributed by atoms with van der Waals surface area (Å²) in [4.78, 5) is 16.3. The van der Waals surface area contributed by atoms with Crippen LogP contribution in [0.15, 0.2) is 0 Å². The van der Waals surface area contributed by atoms with Crippen LogP contribution in [0.4, 0.5) is 0 Å². The second-order valence-electron chi connectivity index (χ2n) is 4.88. The third-order valence-electron chi connectivity index (χ3n) is 3.68. The minimum absolute atomic E-state index is 0.323. The third kappa shape index (κ3) is 3.86. The fraction of sp³-hybridized carbons (Fsp3) is 0.917. The minimum atomic E-state index is 0.323. The number of hydrogen-bond acceptors (Lipinski definition) is 4. The Kier molecular flexibility index (Phi) is 5.13. The Balaban J connectivity index is 1.67. The maximum absolute atomic E-state index is 12.0.